The highest BCUT2D eigenvalue weighted by atomic mass is 14.9. The van der Waals surface area contributed by atoms with Crippen LogP contribution in [0.2, 0.25) is 0 Å². The first-order valence-electron chi connectivity index (χ1n) is 15.8. The van der Waals surface area contributed by atoms with E-state index in [1.165, 1.54) is 0 Å². The Morgan fingerprint density at radius 3 is 1.25 bits per heavy atom. The minimum absolute atomic E-state index is 0.689. The highest BCUT2D eigenvalue weighted by Gasteiger charge is 2.13. The molecule has 0 fully saturated rings. The molecule has 226 valence electrons. The second-order valence-corrected chi connectivity index (χ2v) is 11.4. The van der Waals surface area contributed by atoms with Gasteiger partial charge >= 0.3 is 0 Å². The standard InChI is InChI=1S/C43H29N5/c1-3-12-32(13-4-1)39-29-40(33-14-5-2-6-15-33)48-43(47-39)35-17-11-16-34(26-35)30-20-22-31(23-21-30)36-27-41(37-18-7-9-24-44-37)46-42(28-36)38-19-8-10-25-45-38/h1-29H. The Morgan fingerprint density at radius 1 is 0.250 bits per heavy atom. The molecule has 0 atom stereocenters. The number of benzene rings is 4. The van der Waals surface area contributed by atoms with E-state index in [0.717, 1.165) is 73.1 Å². The predicted molar refractivity (Wildman–Crippen MR) is 193 cm³/mol. The van der Waals surface area contributed by atoms with Crippen LogP contribution in [0.3, 0.4) is 0 Å². The van der Waals surface area contributed by atoms with E-state index in [2.05, 4.69) is 101 Å². The monoisotopic (exact) mass is 615 g/mol. The number of hydrogen-bond donors (Lipinski definition) is 0. The molecule has 0 aliphatic heterocycles. The number of nitrogens with zero attached hydrogens (tertiary/aromatic N) is 5. The summed E-state index contributed by atoms with van der Waals surface area (Å²) in [5.41, 5.74) is 12.4. The van der Waals surface area contributed by atoms with Crippen molar-refractivity contribution in [2.24, 2.45) is 0 Å². The van der Waals surface area contributed by atoms with Gasteiger partial charge in [0, 0.05) is 29.1 Å². The molecule has 0 N–H and O–H groups in total. The summed E-state index contributed by atoms with van der Waals surface area (Å²) in [5.74, 6) is 0.689. The van der Waals surface area contributed by atoms with Crippen molar-refractivity contribution in [1.29, 1.82) is 0 Å². The molecule has 48 heavy (non-hydrogen) atoms. The van der Waals surface area contributed by atoms with Crippen LogP contribution in [0.5, 0.6) is 0 Å². The zero-order valence-corrected chi connectivity index (χ0v) is 26.0. The Kier molecular flexibility index (Phi) is 7.83. The van der Waals surface area contributed by atoms with E-state index in [1.54, 1.807) is 12.4 Å². The lowest BCUT2D eigenvalue weighted by atomic mass is 9.98. The number of hydrogen-bond acceptors (Lipinski definition) is 5. The first kappa shape index (κ1) is 28.9. The van der Waals surface area contributed by atoms with Crippen molar-refractivity contribution in [3.05, 3.63) is 176 Å². The van der Waals surface area contributed by atoms with Crippen molar-refractivity contribution in [1.82, 2.24) is 24.9 Å². The van der Waals surface area contributed by atoms with Crippen molar-refractivity contribution >= 4 is 0 Å². The molecule has 0 bridgehead atoms. The molecular formula is C43H29N5. The van der Waals surface area contributed by atoms with Gasteiger partial charge in [0.25, 0.3) is 0 Å². The molecule has 4 aromatic heterocycles. The van der Waals surface area contributed by atoms with Crippen molar-refractivity contribution in [2.45, 2.75) is 0 Å². The molecule has 0 unspecified atom stereocenters. The van der Waals surface area contributed by atoms with E-state index in [1.807, 2.05) is 72.8 Å². The summed E-state index contributed by atoms with van der Waals surface area (Å²) < 4.78 is 0. The molecule has 0 aliphatic rings. The normalized spacial score (nSPS) is 10.9. The summed E-state index contributed by atoms with van der Waals surface area (Å²) >= 11 is 0. The molecule has 5 nitrogen and oxygen atoms in total. The Labute approximate surface area is 279 Å². The largest absolute Gasteiger partial charge is 0.255 e. The van der Waals surface area contributed by atoms with Gasteiger partial charge in [-0.2, -0.15) is 0 Å². The fourth-order valence-electron chi connectivity index (χ4n) is 5.77. The van der Waals surface area contributed by atoms with Crippen LogP contribution in [0, 0.1) is 0 Å². The average molecular weight is 616 g/mol. The van der Waals surface area contributed by atoms with Gasteiger partial charge in [0.15, 0.2) is 5.82 Å². The highest BCUT2D eigenvalue weighted by molar-refractivity contribution is 5.78. The number of aromatic nitrogens is 5. The van der Waals surface area contributed by atoms with E-state index in [0.29, 0.717) is 5.82 Å². The van der Waals surface area contributed by atoms with Crippen LogP contribution >= 0.6 is 0 Å². The molecule has 5 heteroatoms. The Balaban J connectivity index is 1.16. The summed E-state index contributed by atoms with van der Waals surface area (Å²) in [6.07, 6.45) is 3.58. The van der Waals surface area contributed by atoms with Gasteiger partial charge in [-0.3, -0.25) is 9.97 Å². The van der Waals surface area contributed by atoms with Crippen molar-refractivity contribution in [3.63, 3.8) is 0 Å². The molecule has 0 amide bonds. The molecule has 0 saturated carbocycles. The number of pyridine rings is 3. The van der Waals surface area contributed by atoms with Crippen molar-refractivity contribution in [3.8, 4) is 78.9 Å². The fraction of sp³-hybridized carbons (Fsp3) is 0. The summed E-state index contributed by atoms with van der Waals surface area (Å²) in [7, 11) is 0. The lowest BCUT2D eigenvalue weighted by molar-refractivity contribution is 1.18. The van der Waals surface area contributed by atoms with Crippen LogP contribution < -0.4 is 0 Å². The van der Waals surface area contributed by atoms with Gasteiger partial charge in [0.2, 0.25) is 0 Å². The maximum Gasteiger partial charge on any atom is 0.160 e. The maximum absolute atomic E-state index is 5.03. The van der Waals surface area contributed by atoms with Crippen LogP contribution in [0.25, 0.3) is 78.9 Å². The van der Waals surface area contributed by atoms with Crippen LogP contribution in [0.1, 0.15) is 0 Å². The highest BCUT2D eigenvalue weighted by Crippen LogP contribution is 2.33. The second-order valence-electron chi connectivity index (χ2n) is 11.4. The molecule has 8 rings (SSSR count). The molecule has 0 spiro atoms. The summed E-state index contributed by atoms with van der Waals surface area (Å²) in [6.45, 7) is 0. The third-order valence-electron chi connectivity index (χ3n) is 8.22. The third kappa shape index (κ3) is 6.13. The maximum atomic E-state index is 5.03. The van der Waals surface area contributed by atoms with E-state index < -0.39 is 0 Å². The first-order valence-corrected chi connectivity index (χ1v) is 15.8. The molecule has 4 heterocycles. The molecule has 0 aliphatic carbocycles. The zero-order valence-electron chi connectivity index (χ0n) is 26.0. The van der Waals surface area contributed by atoms with Gasteiger partial charge in [-0.1, -0.05) is 115 Å². The van der Waals surface area contributed by atoms with Crippen molar-refractivity contribution in [2.75, 3.05) is 0 Å². The van der Waals surface area contributed by atoms with Crippen LogP contribution in [0.15, 0.2) is 176 Å². The van der Waals surface area contributed by atoms with E-state index >= 15 is 0 Å². The quantitative estimate of drug-likeness (QED) is 0.178. The lowest BCUT2D eigenvalue weighted by Crippen LogP contribution is -1.96. The molecule has 0 saturated heterocycles. The molecule has 4 aromatic carbocycles. The van der Waals surface area contributed by atoms with Gasteiger partial charge in [-0.25, -0.2) is 15.0 Å². The Morgan fingerprint density at radius 2 is 0.729 bits per heavy atom. The van der Waals surface area contributed by atoms with E-state index in [9.17, 15) is 0 Å². The van der Waals surface area contributed by atoms with Gasteiger partial charge in [-0.15, -0.1) is 0 Å². The average Bonchev–Trinajstić information content (AvgIpc) is 3.19. The van der Waals surface area contributed by atoms with E-state index in [-0.39, 0.29) is 0 Å². The lowest BCUT2D eigenvalue weighted by Gasteiger charge is -2.11. The third-order valence-corrected chi connectivity index (χ3v) is 8.22. The fourth-order valence-corrected chi connectivity index (χ4v) is 5.77. The SMILES string of the molecule is c1ccc(-c2cc(-c3ccccc3)nc(-c3cccc(-c4ccc(-c5cc(-c6ccccn6)nc(-c6ccccn6)c5)cc4)c3)n2)cc1. The first-order chi connectivity index (χ1) is 23.8. The van der Waals surface area contributed by atoms with Crippen LogP contribution in [-0.4, -0.2) is 24.9 Å². The van der Waals surface area contributed by atoms with Gasteiger partial charge in [0.1, 0.15) is 0 Å². The smallest absolute Gasteiger partial charge is 0.160 e. The van der Waals surface area contributed by atoms with Gasteiger partial charge in [-0.05, 0) is 70.8 Å². The van der Waals surface area contributed by atoms with E-state index in [4.69, 9.17) is 15.0 Å². The molecular weight excluding hydrogens is 587 g/mol. The Bertz CT molecular complexity index is 2190. The number of rotatable bonds is 7. The van der Waals surface area contributed by atoms with Gasteiger partial charge < -0.3 is 0 Å². The molecule has 8 aromatic rings. The topological polar surface area (TPSA) is 64.5 Å². The molecule has 0 radical (unpaired) electrons. The Hall–Kier alpha value is -6.59. The van der Waals surface area contributed by atoms with Crippen LogP contribution in [-0.2, 0) is 0 Å². The van der Waals surface area contributed by atoms with Crippen LogP contribution in [0.4, 0.5) is 0 Å². The predicted octanol–water partition coefficient (Wildman–Crippen LogP) is 10.3. The second kappa shape index (κ2) is 13.0. The summed E-state index contributed by atoms with van der Waals surface area (Å²) in [5, 5.41) is 0. The van der Waals surface area contributed by atoms with Gasteiger partial charge in [0.05, 0.1) is 34.2 Å². The van der Waals surface area contributed by atoms with Crippen molar-refractivity contribution < 1.29 is 0 Å². The zero-order chi connectivity index (χ0) is 32.1. The summed E-state index contributed by atoms with van der Waals surface area (Å²) in [6, 6.07) is 55.6. The minimum atomic E-state index is 0.689. The minimum Gasteiger partial charge on any atom is -0.255 e. The summed E-state index contributed by atoms with van der Waals surface area (Å²) in [4.78, 5) is 24.1.